The summed E-state index contributed by atoms with van der Waals surface area (Å²) in [6, 6.07) is 11.4. The number of nitrogens with two attached hydrogens (primary N) is 1. The van der Waals surface area contributed by atoms with E-state index in [0.717, 1.165) is 56.0 Å². The average Bonchev–Trinajstić information content (AvgIpc) is 4.05. The predicted molar refractivity (Wildman–Crippen MR) is 180 cm³/mol. The number of carbonyl (C=O) groups is 1. The molecule has 9 nitrogen and oxygen atoms in total. The second-order valence-corrected chi connectivity index (χ2v) is 13.0. The van der Waals surface area contributed by atoms with Gasteiger partial charge in [0, 0.05) is 59.1 Å². The molecule has 2 aliphatic carbocycles. The molecule has 2 unspecified atom stereocenters. The number of imidazole rings is 1. The van der Waals surface area contributed by atoms with E-state index in [-0.39, 0.29) is 23.0 Å². The van der Waals surface area contributed by atoms with Crippen molar-refractivity contribution in [3.8, 4) is 11.4 Å². The minimum atomic E-state index is -4.84. The Hall–Kier alpha value is -5.16. The molecular weight excluding hydrogens is 716 g/mol. The van der Waals surface area contributed by atoms with E-state index >= 15 is 0 Å². The molecule has 7 rings (SSSR count). The average molecular weight is 751 g/mol. The maximum Gasteiger partial charge on any atom is 0.421 e. The molecule has 0 radical (unpaired) electrons. The number of aliphatic hydroxyl groups is 2. The minimum absolute atomic E-state index is 0.0166. The Kier molecular flexibility index (Phi) is 10.8. The molecule has 2 atom stereocenters. The van der Waals surface area contributed by atoms with Crippen LogP contribution < -0.4 is 11.1 Å². The van der Waals surface area contributed by atoms with E-state index in [9.17, 15) is 50.1 Å². The predicted octanol–water partition coefficient (Wildman–Crippen LogP) is 7.99. The number of benzene rings is 2. The molecule has 2 aliphatic rings. The van der Waals surface area contributed by atoms with Crippen LogP contribution in [0.15, 0.2) is 73.3 Å². The van der Waals surface area contributed by atoms with Gasteiger partial charge in [-0.05, 0) is 88.1 Å². The Morgan fingerprint density at radius 3 is 1.92 bits per heavy atom. The second-order valence-electron chi connectivity index (χ2n) is 13.0. The smallest absolute Gasteiger partial charge is 0.397 e. The van der Waals surface area contributed by atoms with Crippen LogP contribution in [0.3, 0.4) is 0 Å². The largest absolute Gasteiger partial charge is 0.421 e. The highest BCUT2D eigenvalue weighted by Gasteiger charge is 2.52. The quantitative estimate of drug-likeness (QED) is 0.0746. The van der Waals surface area contributed by atoms with Crippen molar-refractivity contribution in [2.75, 3.05) is 11.1 Å². The number of rotatable bonds is 7. The summed E-state index contributed by atoms with van der Waals surface area (Å²) >= 11 is 0. The van der Waals surface area contributed by atoms with Gasteiger partial charge in [0.2, 0.25) is 0 Å². The third kappa shape index (κ3) is 8.90. The summed E-state index contributed by atoms with van der Waals surface area (Å²) in [5.74, 6) is -0.231. The van der Waals surface area contributed by atoms with Crippen LogP contribution >= 0.6 is 0 Å². The number of aromatic nitrogens is 4. The van der Waals surface area contributed by atoms with Crippen molar-refractivity contribution in [2.45, 2.75) is 75.2 Å². The molecule has 2 aromatic carbocycles. The third-order valence-electron chi connectivity index (χ3n) is 8.64. The molecule has 0 aliphatic heterocycles. The highest BCUT2D eigenvalue weighted by Crippen LogP contribution is 2.43. The van der Waals surface area contributed by atoms with E-state index in [1.165, 1.54) is 42.6 Å². The van der Waals surface area contributed by atoms with Crippen LogP contribution in [0.1, 0.15) is 67.1 Å². The number of anilines is 2. The normalized spacial score (nSPS) is 16.7. The van der Waals surface area contributed by atoms with Gasteiger partial charge in [-0.1, -0.05) is 0 Å². The molecule has 3 aromatic heterocycles. The number of nitrogens with zero attached hydrogens (tertiary/aromatic N) is 4. The molecule has 0 spiro atoms. The maximum absolute atomic E-state index is 13.7. The molecule has 2 saturated carbocycles. The van der Waals surface area contributed by atoms with Crippen molar-refractivity contribution in [1.29, 1.82) is 0 Å². The lowest BCUT2D eigenvalue weighted by Crippen LogP contribution is -2.39. The van der Waals surface area contributed by atoms with E-state index in [1.54, 1.807) is 6.07 Å². The van der Waals surface area contributed by atoms with Gasteiger partial charge >= 0.3 is 12.4 Å². The van der Waals surface area contributed by atoms with Gasteiger partial charge < -0.3 is 25.8 Å². The molecule has 17 heteroatoms. The summed E-state index contributed by atoms with van der Waals surface area (Å²) in [6.45, 7) is 1.30. The molecule has 282 valence electrons. The highest BCUT2D eigenvalue weighted by molar-refractivity contribution is 5.81. The van der Waals surface area contributed by atoms with Gasteiger partial charge in [0.05, 0.1) is 22.4 Å². The summed E-state index contributed by atoms with van der Waals surface area (Å²) in [4.78, 5) is 22.1. The first-order chi connectivity index (χ1) is 24.7. The standard InChI is InChI=1S/C18H15F4N3O.C9H8F3NO2.C9H11FN2/c1-17(26,18(20,21)22)11-6-10(8-23-9-11)16-24-14-5-2-12(19)7-15(14)25(16)13-3-4-13;1-8(15,9(10,11)12)7-2-6(5-14)3-13-4-7;10-6-1-4-8(11)9(5-6)12-7-2-3-7/h2,5-9,13,26H,3-4H2,1H3;2-5,15H,1H3;1,4-5,7,12H,2-3,11H2. The summed E-state index contributed by atoms with van der Waals surface area (Å²) in [5.41, 5.74) is 1.59. The monoisotopic (exact) mass is 750 g/mol. The molecular formula is C36H34F8N6O3. The number of pyridine rings is 2. The van der Waals surface area contributed by atoms with Gasteiger partial charge in [0.15, 0.2) is 17.5 Å². The van der Waals surface area contributed by atoms with E-state index in [0.29, 0.717) is 54.3 Å². The molecule has 3 heterocycles. The van der Waals surface area contributed by atoms with Gasteiger partial charge in [-0.3, -0.25) is 14.8 Å². The SMILES string of the molecule is CC(O)(c1cncc(-c2nc3ccc(F)cc3n2C2CC2)c1)C(F)(F)F.CC(O)(c1cncc(C=O)c1)C(F)(F)F.Nc1ccc(F)cc1NC1CC1. The number of nitrogens with one attached hydrogen (secondary N) is 1. The van der Waals surface area contributed by atoms with E-state index in [4.69, 9.17) is 5.73 Å². The number of hydrogen-bond acceptors (Lipinski definition) is 8. The first-order valence-corrected chi connectivity index (χ1v) is 16.2. The fraction of sp³-hybridized carbons (Fsp3) is 0.333. The van der Waals surface area contributed by atoms with E-state index in [1.807, 2.05) is 4.57 Å². The molecule has 5 N–H and O–H groups in total. The Bertz CT molecular complexity index is 2090. The van der Waals surface area contributed by atoms with Gasteiger partial charge in [0.1, 0.15) is 17.5 Å². The van der Waals surface area contributed by atoms with Crippen molar-refractivity contribution < 1.29 is 50.1 Å². The Labute approximate surface area is 297 Å². The first-order valence-electron chi connectivity index (χ1n) is 16.2. The summed E-state index contributed by atoms with van der Waals surface area (Å²) in [5, 5.41) is 22.3. The lowest BCUT2D eigenvalue weighted by Gasteiger charge is -2.26. The zero-order chi connectivity index (χ0) is 38.9. The summed E-state index contributed by atoms with van der Waals surface area (Å²) in [6.07, 6.45) is -0.806. The van der Waals surface area contributed by atoms with Crippen LogP contribution in [0.5, 0.6) is 0 Å². The Balaban J connectivity index is 0.000000170. The van der Waals surface area contributed by atoms with Crippen molar-refractivity contribution in [2.24, 2.45) is 0 Å². The fourth-order valence-corrected chi connectivity index (χ4v) is 5.02. The molecule has 0 amide bonds. The van der Waals surface area contributed by atoms with Gasteiger partial charge in [0.25, 0.3) is 0 Å². The zero-order valence-corrected chi connectivity index (χ0v) is 28.2. The second kappa shape index (κ2) is 14.7. The zero-order valence-electron chi connectivity index (χ0n) is 28.2. The summed E-state index contributed by atoms with van der Waals surface area (Å²) < 4.78 is 105. The fourth-order valence-electron chi connectivity index (χ4n) is 5.02. The van der Waals surface area contributed by atoms with Crippen LogP contribution in [-0.4, -0.2) is 54.4 Å². The van der Waals surface area contributed by atoms with E-state index in [2.05, 4.69) is 20.3 Å². The number of halogens is 8. The Morgan fingerprint density at radius 2 is 1.36 bits per heavy atom. The van der Waals surface area contributed by atoms with Gasteiger partial charge in [-0.15, -0.1) is 0 Å². The van der Waals surface area contributed by atoms with Gasteiger partial charge in [-0.2, -0.15) is 26.3 Å². The highest BCUT2D eigenvalue weighted by atomic mass is 19.4. The van der Waals surface area contributed by atoms with Crippen molar-refractivity contribution in [3.05, 3.63) is 102 Å². The van der Waals surface area contributed by atoms with Gasteiger partial charge in [-0.25, -0.2) is 13.8 Å². The summed E-state index contributed by atoms with van der Waals surface area (Å²) in [7, 11) is 0. The maximum atomic E-state index is 13.7. The molecule has 0 saturated heterocycles. The molecule has 2 fully saturated rings. The lowest BCUT2D eigenvalue weighted by atomic mass is 9.96. The van der Waals surface area contributed by atoms with Crippen LogP contribution in [0.2, 0.25) is 0 Å². The van der Waals surface area contributed by atoms with Crippen LogP contribution in [0.4, 0.5) is 46.5 Å². The minimum Gasteiger partial charge on any atom is -0.397 e. The third-order valence-corrected chi connectivity index (χ3v) is 8.64. The molecule has 0 bridgehead atoms. The Morgan fingerprint density at radius 1 is 0.792 bits per heavy atom. The number of alkyl halides is 6. The number of hydrogen-bond donors (Lipinski definition) is 4. The molecule has 5 aromatic rings. The molecule has 53 heavy (non-hydrogen) atoms. The van der Waals surface area contributed by atoms with Crippen molar-refractivity contribution in [1.82, 2.24) is 19.5 Å². The topological polar surface area (TPSA) is 139 Å². The van der Waals surface area contributed by atoms with Crippen molar-refractivity contribution >= 4 is 28.7 Å². The van der Waals surface area contributed by atoms with E-state index < -0.39 is 34.9 Å². The van der Waals surface area contributed by atoms with Crippen molar-refractivity contribution in [3.63, 3.8) is 0 Å². The number of nitrogen functional groups attached to an aromatic ring is 1. The van der Waals surface area contributed by atoms with Crippen LogP contribution in [0.25, 0.3) is 22.4 Å². The number of aldehydes is 1. The van der Waals surface area contributed by atoms with Crippen LogP contribution in [-0.2, 0) is 11.2 Å². The first kappa shape index (κ1) is 39.1. The number of fused-ring (bicyclic) bond motifs is 1. The van der Waals surface area contributed by atoms with Crippen LogP contribution in [0, 0.1) is 11.6 Å². The number of carbonyl (C=O) groups excluding carboxylic acids is 1. The lowest BCUT2D eigenvalue weighted by molar-refractivity contribution is -0.259.